The molecule has 0 amide bonds. The molecule has 1 atom stereocenters. The van der Waals surface area contributed by atoms with Gasteiger partial charge in [-0.25, -0.2) is 0 Å². The van der Waals surface area contributed by atoms with E-state index in [4.69, 9.17) is 9.47 Å². The van der Waals surface area contributed by atoms with Crippen LogP contribution in [0.1, 0.15) is 149 Å². The van der Waals surface area contributed by atoms with Crippen LogP contribution in [0, 0.1) is 0 Å². The molecule has 0 aliphatic carbocycles. The molecule has 0 saturated heterocycles. The second-order valence-corrected chi connectivity index (χ2v) is 11.6. The predicted molar refractivity (Wildman–Crippen MR) is 191 cm³/mol. The molecule has 0 radical (unpaired) electrons. The molecular formula is C40H66O5. The van der Waals surface area contributed by atoms with Crippen molar-refractivity contribution in [3.05, 3.63) is 72.9 Å². The molecule has 5 heteroatoms. The van der Waals surface area contributed by atoms with E-state index in [9.17, 15) is 14.7 Å². The quantitative estimate of drug-likeness (QED) is 0.0471. The Morgan fingerprint density at radius 3 is 1.47 bits per heavy atom. The first kappa shape index (κ1) is 42.3. The van der Waals surface area contributed by atoms with Crippen LogP contribution in [0.5, 0.6) is 0 Å². The van der Waals surface area contributed by atoms with E-state index in [1.165, 1.54) is 51.4 Å². The maximum absolute atomic E-state index is 12.1. The summed E-state index contributed by atoms with van der Waals surface area (Å²) in [5.41, 5.74) is 0. The molecule has 0 fully saturated rings. The molecule has 0 aromatic rings. The van der Waals surface area contributed by atoms with Gasteiger partial charge in [0.1, 0.15) is 6.61 Å². The van der Waals surface area contributed by atoms with E-state index in [0.717, 1.165) is 64.2 Å². The molecule has 0 unspecified atom stereocenters. The highest BCUT2D eigenvalue weighted by molar-refractivity contribution is 5.70. The Labute approximate surface area is 276 Å². The molecule has 256 valence electrons. The van der Waals surface area contributed by atoms with Crippen molar-refractivity contribution in [3.63, 3.8) is 0 Å². The van der Waals surface area contributed by atoms with Gasteiger partial charge in [-0.3, -0.25) is 9.59 Å². The lowest BCUT2D eigenvalue weighted by molar-refractivity contribution is -0.161. The van der Waals surface area contributed by atoms with Crippen LogP contribution in [0.25, 0.3) is 0 Å². The van der Waals surface area contributed by atoms with Gasteiger partial charge >= 0.3 is 11.9 Å². The Balaban J connectivity index is 3.74. The molecule has 0 aliphatic rings. The van der Waals surface area contributed by atoms with Crippen molar-refractivity contribution in [2.24, 2.45) is 0 Å². The fourth-order valence-corrected chi connectivity index (χ4v) is 4.44. The first-order chi connectivity index (χ1) is 22.1. The summed E-state index contributed by atoms with van der Waals surface area (Å²) in [6.07, 6.45) is 46.7. The number of esters is 2. The van der Waals surface area contributed by atoms with Gasteiger partial charge in [-0.05, 0) is 77.0 Å². The summed E-state index contributed by atoms with van der Waals surface area (Å²) in [4.78, 5) is 24.1. The Kier molecular flexibility index (Phi) is 33.7. The van der Waals surface area contributed by atoms with Crippen LogP contribution >= 0.6 is 0 Å². The summed E-state index contributed by atoms with van der Waals surface area (Å²) in [7, 11) is 0. The number of allylic oxidation sites excluding steroid dienone is 12. The summed E-state index contributed by atoms with van der Waals surface area (Å²) >= 11 is 0. The first-order valence-electron chi connectivity index (χ1n) is 18.0. The van der Waals surface area contributed by atoms with E-state index < -0.39 is 6.10 Å². The number of hydrogen-bond acceptors (Lipinski definition) is 5. The number of aliphatic hydroxyl groups is 1. The zero-order valence-corrected chi connectivity index (χ0v) is 28.8. The second-order valence-electron chi connectivity index (χ2n) is 11.6. The molecule has 1 N–H and O–H groups in total. The highest BCUT2D eigenvalue weighted by atomic mass is 16.6. The number of aliphatic hydroxyl groups excluding tert-OH is 1. The average Bonchev–Trinajstić information content (AvgIpc) is 3.04. The summed E-state index contributed by atoms with van der Waals surface area (Å²) in [5, 5.41) is 9.52. The van der Waals surface area contributed by atoms with Crippen LogP contribution in [-0.2, 0) is 19.1 Å². The SMILES string of the molecule is CCCC/C=C/C/C=C/CCCCCCCC(=O)OC[C@H](CO)OC(=O)CCC/C=C/C/C=C/C/C=C/C/C=C/CCCCC. The van der Waals surface area contributed by atoms with Crippen LogP contribution in [0.2, 0.25) is 0 Å². The normalized spacial score (nSPS) is 13.0. The molecule has 0 heterocycles. The van der Waals surface area contributed by atoms with E-state index in [2.05, 4.69) is 86.8 Å². The van der Waals surface area contributed by atoms with Crippen molar-refractivity contribution in [1.82, 2.24) is 0 Å². The standard InChI is InChI=1S/C40H66O5/c1-3-5-7-9-11-13-15-17-19-20-21-23-25-27-29-31-33-35-40(43)45-38(36-41)37-44-39(42)34-32-30-28-26-24-22-18-16-14-12-10-8-6-4-2/h10-13,16-19,21,23,27,29,38,41H,3-9,14-15,20,22,24-26,28,30-37H2,1-2H3/b12-10+,13-11+,18-16+,19-17+,23-21+,29-27+/t38-/m0/s1. The number of ether oxygens (including phenoxy) is 2. The Morgan fingerprint density at radius 1 is 0.511 bits per heavy atom. The van der Waals surface area contributed by atoms with Crippen LogP contribution in [-0.4, -0.2) is 36.4 Å². The minimum absolute atomic E-state index is 0.0988. The molecule has 0 aromatic heterocycles. The minimum Gasteiger partial charge on any atom is -0.462 e. The topological polar surface area (TPSA) is 72.8 Å². The second kappa shape index (κ2) is 35.8. The van der Waals surface area contributed by atoms with E-state index in [1.807, 2.05) is 0 Å². The molecule has 0 spiro atoms. The van der Waals surface area contributed by atoms with Crippen LogP contribution < -0.4 is 0 Å². The zero-order valence-electron chi connectivity index (χ0n) is 28.8. The fourth-order valence-electron chi connectivity index (χ4n) is 4.44. The predicted octanol–water partition coefficient (Wildman–Crippen LogP) is 11.0. The summed E-state index contributed by atoms with van der Waals surface area (Å²) in [6.45, 7) is 3.98. The van der Waals surface area contributed by atoms with Crippen molar-refractivity contribution in [3.8, 4) is 0 Å². The molecular weight excluding hydrogens is 560 g/mol. The third-order valence-electron chi connectivity index (χ3n) is 7.22. The Hall–Kier alpha value is -2.66. The Morgan fingerprint density at radius 2 is 0.933 bits per heavy atom. The van der Waals surface area contributed by atoms with Crippen LogP contribution in [0.15, 0.2) is 72.9 Å². The number of carbonyl (C=O) groups is 2. The molecule has 0 bridgehead atoms. The van der Waals surface area contributed by atoms with Crippen molar-refractivity contribution in [2.45, 2.75) is 155 Å². The van der Waals surface area contributed by atoms with Crippen LogP contribution in [0.3, 0.4) is 0 Å². The van der Waals surface area contributed by atoms with Gasteiger partial charge in [0.25, 0.3) is 0 Å². The summed E-state index contributed by atoms with van der Waals surface area (Å²) in [6, 6.07) is 0. The van der Waals surface area contributed by atoms with E-state index in [-0.39, 0.29) is 31.6 Å². The molecule has 0 saturated carbocycles. The fraction of sp³-hybridized carbons (Fsp3) is 0.650. The number of unbranched alkanes of at least 4 members (excludes halogenated alkanes) is 11. The maximum atomic E-state index is 12.1. The minimum atomic E-state index is -0.808. The molecule has 0 aromatic carbocycles. The first-order valence-corrected chi connectivity index (χ1v) is 18.0. The lowest BCUT2D eigenvalue weighted by Gasteiger charge is -2.15. The maximum Gasteiger partial charge on any atom is 0.306 e. The summed E-state index contributed by atoms with van der Waals surface area (Å²) in [5.74, 6) is -0.681. The van der Waals surface area contributed by atoms with Gasteiger partial charge in [-0.2, -0.15) is 0 Å². The number of hydrogen-bond donors (Lipinski definition) is 1. The number of carbonyl (C=O) groups excluding carboxylic acids is 2. The van der Waals surface area contributed by atoms with Gasteiger partial charge in [0.05, 0.1) is 6.61 Å². The number of rotatable bonds is 31. The van der Waals surface area contributed by atoms with Gasteiger partial charge < -0.3 is 14.6 Å². The van der Waals surface area contributed by atoms with E-state index in [0.29, 0.717) is 12.8 Å². The van der Waals surface area contributed by atoms with Crippen molar-refractivity contribution in [1.29, 1.82) is 0 Å². The smallest absolute Gasteiger partial charge is 0.306 e. The lowest BCUT2D eigenvalue weighted by atomic mass is 10.1. The lowest BCUT2D eigenvalue weighted by Crippen LogP contribution is -2.28. The van der Waals surface area contributed by atoms with Crippen molar-refractivity contribution >= 4 is 11.9 Å². The summed E-state index contributed by atoms with van der Waals surface area (Å²) < 4.78 is 10.5. The molecule has 45 heavy (non-hydrogen) atoms. The van der Waals surface area contributed by atoms with E-state index in [1.54, 1.807) is 0 Å². The third kappa shape index (κ3) is 34.1. The van der Waals surface area contributed by atoms with Gasteiger partial charge in [0.15, 0.2) is 6.10 Å². The zero-order chi connectivity index (χ0) is 32.9. The van der Waals surface area contributed by atoms with Gasteiger partial charge in [-0.15, -0.1) is 0 Å². The van der Waals surface area contributed by atoms with Crippen molar-refractivity contribution in [2.75, 3.05) is 13.2 Å². The van der Waals surface area contributed by atoms with Gasteiger partial charge in [-0.1, -0.05) is 132 Å². The van der Waals surface area contributed by atoms with Gasteiger partial charge in [0.2, 0.25) is 0 Å². The highest BCUT2D eigenvalue weighted by Gasteiger charge is 2.15. The average molecular weight is 627 g/mol. The Bertz CT molecular complexity index is 849. The third-order valence-corrected chi connectivity index (χ3v) is 7.22. The molecule has 0 aliphatic heterocycles. The molecule has 0 rings (SSSR count). The van der Waals surface area contributed by atoms with E-state index >= 15 is 0 Å². The highest BCUT2D eigenvalue weighted by Crippen LogP contribution is 2.10. The van der Waals surface area contributed by atoms with Crippen LogP contribution in [0.4, 0.5) is 0 Å². The monoisotopic (exact) mass is 626 g/mol. The van der Waals surface area contributed by atoms with Gasteiger partial charge in [0, 0.05) is 12.8 Å². The molecule has 5 nitrogen and oxygen atoms in total. The van der Waals surface area contributed by atoms with Crippen molar-refractivity contribution < 1.29 is 24.2 Å². The largest absolute Gasteiger partial charge is 0.462 e.